The maximum Gasteiger partial charge on any atom is 0.118 e. The Morgan fingerprint density at radius 1 is 1.30 bits per heavy atom. The van der Waals surface area contributed by atoms with Crippen molar-refractivity contribution in [2.75, 3.05) is 26.7 Å². The Morgan fingerprint density at radius 2 is 2.00 bits per heavy atom. The third-order valence-electron chi connectivity index (χ3n) is 4.41. The fourth-order valence-electron chi connectivity index (χ4n) is 3.14. The molecule has 0 radical (unpaired) electrons. The SMILES string of the molecule is COc1ccc(CCC(C)N2CCNCC2(C)C)cc1. The Bertz CT molecular complexity index is 414. The minimum atomic E-state index is 0.261. The molecule has 0 bridgehead atoms. The molecule has 1 aromatic rings. The lowest BCUT2D eigenvalue weighted by Gasteiger charge is -2.46. The van der Waals surface area contributed by atoms with E-state index in [1.807, 2.05) is 0 Å². The number of hydrogen-bond donors (Lipinski definition) is 1. The van der Waals surface area contributed by atoms with Gasteiger partial charge < -0.3 is 10.1 Å². The van der Waals surface area contributed by atoms with Gasteiger partial charge in [-0.3, -0.25) is 4.90 Å². The van der Waals surface area contributed by atoms with E-state index in [9.17, 15) is 0 Å². The summed E-state index contributed by atoms with van der Waals surface area (Å²) in [6.07, 6.45) is 2.33. The van der Waals surface area contributed by atoms with E-state index in [2.05, 4.69) is 55.3 Å². The van der Waals surface area contributed by atoms with Crippen LogP contribution in [0.4, 0.5) is 0 Å². The van der Waals surface area contributed by atoms with Crippen molar-refractivity contribution in [3.8, 4) is 5.75 Å². The Morgan fingerprint density at radius 3 is 2.60 bits per heavy atom. The van der Waals surface area contributed by atoms with Crippen LogP contribution in [0.15, 0.2) is 24.3 Å². The smallest absolute Gasteiger partial charge is 0.118 e. The Kier molecular flexibility index (Phi) is 5.06. The maximum atomic E-state index is 5.20. The van der Waals surface area contributed by atoms with Crippen LogP contribution in [0.2, 0.25) is 0 Å². The van der Waals surface area contributed by atoms with Gasteiger partial charge in [0.1, 0.15) is 5.75 Å². The van der Waals surface area contributed by atoms with E-state index < -0.39 is 0 Å². The fourth-order valence-corrected chi connectivity index (χ4v) is 3.14. The zero-order chi connectivity index (χ0) is 14.6. The highest BCUT2D eigenvalue weighted by Gasteiger charge is 2.32. The summed E-state index contributed by atoms with van der Waals surface area (Å²) in [5.74, 6) is 0.935. The molecule has 3 heteroatoms. The predicted octanol–water partition coefficient (Wildman–Crippen LogP) is 2.70. The Balaban J connectivity index is 1.89. The molecule has 1 atom stereocenters. The predicted molar refractivity (Wildman–Crippen MR) is 84.4 cm³/mol. The molecule has 0 aromatic heterocycles. The van der Waals surface area contributed by atoms with Crippen LogP contribution in [-0.4, -0.2) is 43.2 Å². The van der Waals surface area contributed by atoms with E-state index in [0.717, 1.165) is 31.8 Å². The summed E-state index contributed by atoms with van der Waals surface area (Å²) in [4.78, 5) is 2.65. The summed E-state index contributed by atoms with van der Waals surface area (Å²) in [7, 11) is 1.71. The van der Waals surface area contributed by atoms with Gasteiger partial charge in [0, 0.05) is 31.2 Å². The largest absolute Gasteiger partial charge is 0.497 e. The van der Waals surface area contributed by atoms with E-state index >= 15 is 0 Å². The first-order valence-electron chi connectivity index (χ1n) is 7.63. The summed E-state index contributed by atoms with van der Waals surface area (Å²) in [5, 5.41) is 3.49. The van der Waals surface area contributed by atoms with Crippen molar-refractivity contribution >= 4 is 0 Å². The monoisotopic (exact) mass is 276 g/mol. The van der Waals surface area contributed by atoms with Crippen LogP contribution >= 0.6 is 0 Å². The van der Waals surface area contributed by atoms with Crippen LogP contribution in [0.25, 0.3) is 0 Å². The van der Waals surface area contributed by atoms with Crippen LogP contribution in [0.1, 0.15) is 32.8 Å². The first-order valence-corrected chi connectivity index (χ1v) is 7.63. The molecule has 1 aliphatic rings. The van der Waals surface area contributed by atoms with Crippen LogP contribution in [0.5, 0.6) is 5.75 Å². The van der Waals surface area contributed by atoms with Gasteiger partial charge in [-0.1, -0.05) is 12.1 Å². The number of piperazine rings is 1. The zero-order valence-corrected chi connectivity index (χ0v) is 13.3. The van der Waals surface area contributed by atoms with Gasteiger partial charge in [0.2, 0.25) is 0 Å². The zero-order valence-electron chi connectivity index (χ0n) is 13.3. The number of nitrogens with zero attached hydrogens (tertiary/aromatic N) is 1. The number of hydrogen-bond acceptors (Lipinski definition) is 3. The second kappa shape index (κ2) is 6.59. The number of ether oxygens (including phenoxy) is 1. The Labute approximate surface area is 123 Å². The van der Waals surface area contributed by atoms with Gasteiger partial charge in [0.05, 0.1) is 7.11 Å². The average molecular weight is 276 g/mol. The van der Waals surface area contributed by atoms with Crippen LogP contribution < -0.4 is 10.1 Å². The number of methoxy groups -OCH3 is 1. The highest BCUT2D eigenvalue weighted by Crippen LogP contribution is 2.22. The van der Waals surface area contributed by atoms with Crippen molar-refractivity contribution < 1.29 is 4.74 Å². The summed E-state index contributed by atoms with van der Waals surface area (Å²) >= 11 is 0. The van der Waals surface area contributed by atoms with Gasteiger partial charge in [0.15, 0.2) is 0 Å². The molecule has 20 heavy (non-hydrogen) atoms. The molecule has 1 heterocycles. The highest BCUT2D eigenvalue weighted by molar-refractivity contribution is 5.27. The molecule has 112 valence electrons. The van der Waals surface area contributed by atoms with Crippen molar-refractivity contribution in [2.24, 2.45) is 0 Å². The number of rotatable bonds is 5. The topological polar surface area (TPSA) is 24.5 Å². The minimum Gasteiger partial charge on any atom is -0.497 e. The second-order valence-corrected chi connectivity index (χ2v) is 6.42. The number of nitrogens with one attached hydrogen (secondary N) is 1. The summed E-state index contributed by atoms with van der Waals surface area (Å²) < 4.78 is 5.20. The molecule has 2 rings (SSSR count). The van der Waals surface area contributed by atoms with Crippen molar-refractivity contribution in [1.29, 1.82) is 0 Å². The first-order chi connectivity index (χ1) is 9.53. The summed E-state index contributed by atoms with van der Waals surface area (Å²) in [6, 6.07) is 9.07. The van der Waals surface area contributed by atoms with Gasteiger partial charge in [-0.05, 0) is 51.3 Å². The molecular weight excluding hydrogens is 248 g/mol. The molecule has 1 aromatic carbocycles. The number of aryl methyl sites for hydroxylation is 1. The molecule has 1 N–H and O–H groups in total. The molecule has 1 aliphatic heterocycles. The fraction of sp³-hybridized carbons (Fsp3) is 0.647. The van der Waals surface area contributed by atoms with E-state index in [0.29, 0.717) is 6.04 Å². The summed E-state index contributed by atoms with van der Waals surface area (Å²) in [5.41, 5.74) is 1.66. The van der Waals surface area contributed by atoms with E-state index in [-0.39, 0.29) is 5.54 Å². The van der Waals surface area contributed by atoms with Gasteiger partial charge in [0.25, 0.3) is 0 Å². The third kappa shape index (κ3) is 3.74. The molecular formula is C17H28N2O. The van der Waals surface area contributed by atoms with Crippen molar-refractivity contribution in [1.82, 2.24) is 10.2 Å². The molecule has 0 aliphatic carbocycles. The van der Waals surface area contributed by atoms with Crippen LogP contribution in [0, 0.1) is 0 Å². The van der Waals surface area contributed by atoms with E-state index in [4.69, 9.17) is 4.74 Å². The molecule has 0 spiro atoms. The van der Waals surface area contributed by atoms with E-state index in [1.54, 1.807) is 7.11 Å². The van der Waals surface area contributed by atoms with Gasteiger partial charge >= 0.3 is 0 Å². The quantitative estimate of drug-likeness (QED) is 0.895. The normalized spacial score (nSPS) is 20.6. The first kappa shape index (κ1) is 15.3. The molecule has 0 amide bonds. The van der Waals surface area contributed by atoms with E-state index in [1.165, 1.54) is 12.0 Å². The van der Waals surface area contributed by atoms with Gasteiger partial charge in [-0.2, -0.15) is 0 Å². The van der Waals surface area contributed by atoms with Crippen molar-refractivity contribution in [3.05, 3.63) is 29.8 Å². The third-order valence-corrected chi connectivity index (χ3v) is 4.41. The molecule has 1 unspecified atom stereocenters. The standard InChI is InChI=1S/C17H28N2O/c1-14(19-12-11-18-13-17(19,2)3)5-6-15-7-9-16(20-4)10-8-15/h7-10,14,18H,5-6,11-13H2,1-4H3. The molecule has 3 nitrogen and oxygen atoms in total. The molecule has 0 saturated carbocycles. The van der Waals surface area contributed by atoms with Crippen molar-refractivity contribution in [2.45, 2.75) is 45.2 Å². The summed E-state index contributed by atoms with van der Waals surface area (Å²) in [6.45, 7) is 10.4. The highest BCUT2D eigenvalue weighted by atomic mass is 16.5. The lowest BCUT2D eigenvalue weighted by Crippen LogP contribution is -2.60. The maximum absolute atomic E-state index is 5.20. The molecule has 1 saturated heterocycles. The average Bonchev–Trinajstić information content (AvgIpc) is 2.45. The second-order valence-electron chi connectivity index (χ2n) is 6.42. The lowest BCUT2D eigenvalue weighted by molar-refractivity contribution is 0.0488. The molecule has 1 fully saturated rings. The van der Waals surface area contributed by atoms with Crippen LogP contribution in [-0.2, 0) is 6.42 Å². The van der Waals surface area contributed by atoms with Crippen molar-refractivity contribution in [3.63, 3.8) is 0 Å². The number of benzene rings is 1. The Hall–Kier alpha value is -1.06. The van der Waals surface area contributed by atoms with Crippen LogP contribution in [0.3, 0.4) is 0 Å². The lowest BCUT2D eigenvalue weighted by atomic mass is 9.95. The van der Waals surface area contributed by atoms with Gasteiger partial charge in [-0.25, -0.2) is 0 Å². The minimum absolute atomic E-state index is 0.261. The van der Waals surface area contributed by atoms with Gasteiger partial charge in [-0.15, -0.1) is 0 Å².